The fourth-order valence-electron chi connectivity index (χ4n) is 2.01. The Kier molecular flexibility index (Phi) is 6.68. The maximum Gasteiger partial charge on any atom is 0.234 e. The number of amides is 1. The molecule has 0 heterocycles. The molecule has 0 bridgehead atoms. The van der Waals surface area contributed by atoms with Gasteiger partial charge in [-0.15, -0.1) is 0 Å². The molecular weight excluding hydrogens is 276 g/mol. The summed E-state index contributed by atoms with van der Waals surface area (Å²) in [6.45, 7) is 7.05. The lowest BCUT2D eigenvalue weighted by atomic mass is 10.0. The third kappa shape index (κ3) is 4.62. The highest BCUT2D eigenvalue weighted by atomic mass is 35.5. The van der Waals surface area contributed by atoms with Crippen LogP contribution >= 0.6 is 11.6 Å². The molecule has 110 valence electrons. The lowest BCUT2D eigenvalue weighted by molar-refractivity contribution is -0.122. The number of benzene rings is 1. The number of nitrogens with zero attached hydrogens (tertiary/aromatic N) is 1. The van der Waals surface area contributed by atoms with Crippen molar-refractivity contribution in [3.63, 3.8) is 0 Å². The van der Waals surface area contributed by atoms with Crippen LogP contribution in [-0.2, 0) is 4.79 Å². The smallest absolute Gasteiger partial charge is 0.234 e. The number of hydrogen-bond donors (Lipinski definition) is 1. The summed E-state index contributed by atoms with van der Waals surface area (Å²) < 4.78 is 0. The van der Waals surface area contributed by atoms with E-state index in [1.165, 1.54) is 0 Å². The van der Waals surface area contributed by atoms with Gasteiger partial charge in [0.1, 0.15) is 0 Å². The number of halogens is 1. The van der Waals surface area contributed by atoms with Crippen molar-refractivity contribution in [3.8, 4) is 0 Å². The van der Waals surface area contributed by atoms with Crippen molar-refractivity contribution in [2.75, 3.05) is 19.6 Å². The highest BCUT2D eigenvalue weighted by molar-refractivity contribution is 6.31. The predicted octanol–water partition coefficient (Wildman–Crippen LogP) is 2.37. The molecule has 0 spiro atoms. The Morgan fingerprint density at radius 3 is 2.60 bits per heavy atom. The topological polar surface area (TPSA) is 49.4 Å². The summed E-state index contributed by atoms with van der Waals surface area (Å²) in [6, 6.07) is 6.52. The summed E-state index contributed by atoms with van der Waals surface area (Å²) in [5.41, 5.74) is 0.569. The molecule has 0 saturated carbocycles. The lowest BCUT2D eigenvalue weighted by Crippen LogP contribution is -2.45. The van der Waals surface area contributed by atoms with Crippen molar-refractivity contribution in [2.45, 2.75) is 26.8 Å². The molecule has 0 aromatic heterocycles. The monoisotopic (exact) mass is 296 g/mol. The number of ketones is 1. The minimum Gasteiger partial charge on any atom is -0.355 e. The number of carbonyl (C=O) groups is 2. The summed E-state index contributed by atoms with van der Waals surface area (Å²) in [7, 11) is 0. The average molecular weight is 297 g/mol. The minimum atomic E-state index is -0.360. The van der Waals surface area contributed by atoms with Gasteiger partial charge in [0.25, 0.3) is 0 Å². The number of Topliss-reactive ketones (excluding diaryl/α,β-unsaturated/α-hetero) is 1. The van der Waals surface area contributed by atoms with Crippen LogP contribution in [0.4, 0.5) is 0 Å². The van der Waals surface area contributed by atoms with Crippen molar-refractivity contribution in [1.29, 1.82) is 0 Å². The van der Waals surface area contributed by atoms with Crippen molar-refractivity contribution < 1.29 is 9.59 Å². The van der Waals surface area contributed by atoms with E-state index in [0.29, 0.717) is 23.7 Å². The van der Waals surface area contributed by atoms with Gasteiger partial charge in [0.2, 0.25) is 5.91 Å². The molecule has 0 aliphatic heterocycles. The molecule has 0 fully saturated rings. The fraction of sp³-hybridized carbons (Fsp3) is 0.467. The van der Waals surface area contributed by atoms with E-state index < -0.39 is 0 Å². The first-order valence-corrected chi connectivity index (χ1v) is 7.17. The van der Waals surface area contributed by atoms with Crippen LogP contribution < -0.4 is 5.32 Å². The van der Waals surface area contributed by atoms with E-state index in [2.05, 4.69) is 5.32 Å². The molecule has 0 aliphatic carbocycles. The second-order valence-electron chi connectivity index (χ2n) is 4.57. The van der Waals surface area contributed by atoms with Gasteiger partial charge in [0, 0.05) is 17.1 Å². The van der Waals surface area contributed by atoms with Gasteiger partial charge in [-0.3, -0.25) is 14.5 Å². The van der Waals surface area contributed by atoms with Gasteiger partial charge in [-0.2, -0.15) is 0 Å². The first kappa shape index (κ1) is 16.7. The molecular formula is C15H21ClN2O2. The Hall–Kier alpha value is -1.39. The van der Waals surface area contributed by atoms with E-state index in [-0.39, 0.29) is 24.3 Å². The standard InChI is InChI=1S/C15H21ClN2O2/c1-4-17-14(19)10-18(5-2)11(3)15(20)12-7-6-8-13(16)9-12/h6-9,11H,4-5,10H2,1-3H3,(H,17,19). The number of likely N-dealkylation sites (N-methyl/N-ethyl adjacent to an activating group) is 2. The van der Waals surface area contributed by atoms with Gasteiger partial charge < -0.3 is 5.32 Å². The molecule has 1 rings (SSSR count). The second-order valence-corrected chi connectivity index (χ2v) is 5.00. The normalized spacial score (nSPS) is 12.2. The molecule has 1 amide bonds. The van der Waals surface area contributed by atoms with Crippen LogP contribution in [-0.4, -0.2) is 42.3 Å². The zero-order valence-electron chi connectivity index (χ0n) is 12.1. The Bertz CT molecular complexity index is 477. The highest BCUT2D eigenvalue weighted by Crippen LogP contribution is 2.14. The van der Waals surface area contributed by atoms with Crippen LogP contribution in [0.3, 0.4) is 0 Å². The number of nitrogens with one attached hydrogen (secondary N) is 1. The zero-order chi connectivity index (χ0) is 15.1. The summed E-state index contributed by atoms with van der Waals surface area (Å²) >= 11 is 5.90. The van der Waals surface area contributed by atoms with Gasteiger partial charge in [0.15, 0.2) is 5.78 Å². The van der Waals surface area contributed by atoms with Crippen LogP contribution in [0.15, 0.2) is 24.3 Å². The van der Waals surface area contributed by atoms with Crippen molar-refractivity contribution in [1.82, 2.24) is 10.2 Å². The zero-order valence-corrected chi connectivity index (χ0v) is 12.9. The maximum atomic E-state index is 12.4. The van der Waals surface area contributed by atoms with Crippen molar-refractivity contribution in [3.05, 3.63) is 34.9 Å². The Morgan fingerprint density at radius 2 is 2.05 bits per heavy atom. The van der Waals surface area contributed by atoms with E-state index >= 15 is 0 Å². The van der Waals surface area contributed by atoms with Gasteiger partial charge in [-0.1, -0.05) is 30.7 Å². The van der Waals surface area contributed by atoms with Gasteiger partial charge in [-0.05, 0) is 32.5 Å². The molecule has 5 heteroatoms. The predicted molar refractivity (Wildman–Crippen MR) is 81.2 cm³/mol. The van der Waals surface area contributed by atoms with Gasteiger partial charge in [-0.25, -0.2) is 0 Å². The van der Waals surface area contributed by atoms with E-state index in [4.69, 9.17) is 11.6 Å². The summed E-state index contributed by atoms with van der Waals surface area (Å²) in [5.74, 6) is -0.0984. The number of hydrogen-bond acceptors (Lipinski definition) is 3. The molecule has 0 saturated heterocycles. The molecule has 1 aromatic carbocycles. The minimum absolute atomic E-state index is 0.0290. The molecule has 4 nitrogen and oxygen atoms in total. The first-order valence-electron chi connectivity index (χ1n) is 6.80. The van der Waals surface area contributed by atoms with Crippen molar-refractivity contribution >= 4 is 23.3 Å². The molecule has 1 N–H and O–H groups in total. The summed E-state index contributed by atoms with van der Waals surface area (Å²) in [4.78, 5) is 25.9. The lowest BCUT2D eigenvalue weighted by Gasteiger charge is -2.26. The SMILES string of the molecule is CCNC(=O)CN(CC)C(C)C(=O)c1cccc(Cl)c1. The summed E-state index contributed by atoms with van der Waals surface area (Å²) in [5, 5.41) is 3.28. The van der Waals surface area contributed by atoms with Gasteiger partial charge >= 0.3 is 0 Å². The number of rotatable bonds is 7. The van der Waals surface area contributed by atoms with Crippen molar-refractivity contribution in [2.24, 2.45) is 0 Å². The number of carbonyl (C=O) groups excluding carboxylic acids is 2. The van der Waals surface area contributed by atoms with Gasteiger partial charge in [0.05, 0.1) is 12.6 Å². The molecule has 1 atom stereocenters. The van der Waals surface area contributed by atoms with Crippen LogP contribution in [0.2, 0.25) is 5.02 Å². The highest BCUT2D eigenvalue weighted by Gasteiger charge is 2.23. The fourth-order valence-corrected chi connectivity index (χ4v) is 2.20. The first-order chi connectivity index (χ1) is 9.49. The quantitative estimate of drug-likeness (QED) is 0.786. The molecule has 20 heavy (non-hydrogen) atoms. The van der Waals surface area contributed by atoms with E-state index in [1.54, 1.807) is 24.3 Å². The van der Waals surface area contributed by atoms with E-state index in [1.807, 2.05) is 25.7 Å². The molecule has 0 aliphatic rings. The molecule has 0 radical (unpaired) electrons. The van der Waals surface area contributed by atoms with Crippen LogP contribution in [0.1, 0.15) is 31.1 Å². The Morgan fingerprint density at radius 1 is 1.35 bits per heavy atom. The van der Waals surface area contributed by atoms with E-state index in [9.17, 15) is 9.59 Å². The third-order valence-electron chi connectivity index (χ3n) is 3.16. The summed E-state index contributed by atoms with van der Waals surface area (Å²) in [6.07, 6.45) is 0. The van der Waals surface area contributed by atoms with Crippen LogP contribution in [0.25, 0.3) is 0 Å². The largest absolute Gasteiger partial charge is 0.355 e. The average Bonchev–Trinajstić information content (AvgIpc) is 2.43. The van der Waals surface area contributed by atoms with Crippen LogP contribution in [0.5, 0.6) is 0 Å². The molecule has 1 unspecified atom stereocenters. The molecule has 1 aromatic rings. The van der Waals surface area contributed by atoms with Crippen LogP contribution in [0, 0.1) is 0 Å². The third-order valence-corrected chi connectivity index (χ3v) is 3.40. The maximum absolute atomic E-state index is 12.4. The second kappa shape index (κ2) is 8.02. The Labute approximate surface area is 125 Å². The van der Waals surface area contributed by atoms with E-state index in [0.717, 1.165) is 0 Å². The Balaban J connectivity index is 2.77.